The summed E-state index contributed by atoms with van der Waals surface area (Å²) in [4.78, 5) is 23.7. The quantitative estimate of drug-likeness (QED) is 0.502. The molecule has 0 aliphatic carbocycles. The van der Waals surface area contributed by atoms with E-state index in [1.165, 1.54) is 6.07 Å². The minimum absolute atomic E-state index is 0.162. The second kappa shape index (κ2) is 8.67. The number of hydrogen-bond donors (Lipinski definition) is 2. The molecule has 3 rings (SSSR count). The van der Waals surface area contributed by atoms with Crippen LogP contribution in [0.25, 0.3) is 11.0 Å². The molecule has 2 aromatic carbocycles. The molecule has 0 radical (unpaired) electrons. The van der Waals surface area contributed by atoms with Crippen LogP contribution in [0.2, 0.25) is 0 Å². The Morgan fingerprint density at radius 3 is 2.75 bits per heavy atom. The van der Waals surface area contributed by atoms with Gasteiger partial charge in [-0.15, -0.1) is 0 Å². The van der Waals surface area contributed by atoms with Gasteiger partial charge in [0.15, 0.2) is 5.11 Å². The van der Waals surface area contributed by atoms with Crippen LogP contribution < -0.4 is 21.0 Å². The van der Waals surface area contributed by atoms with Gasteiger partial charge in [-0.3, -0.25) is 10.1 Å². The Kier molecular flexibility index (Phi) is 6.06. The SMILES string of the molecule is CC(C)COc1cccc(C(=O)NC(=S)Nc2ccc3oc(=O)ccc3c2)c1. The fraction of sp³-hybridized carbons (Fsp3) is 0.190. The number of ether oxygens (including phenoxy) is 1. The van der Waals surface area contributed by atoms with E-state index >= 15 is 0 Å². The van der Waals surface area contributed by atoms with E-state index in [1.807, 2.05) is 6.07 Å². The van der Waals surface area contributed by atoms with Gasteiger partial charge in [-0.05, 0) is 60.6 Å². The van der Waals surface area contributed by atoms with Crippen LogP contribution in [-0.4, -0.2) is 17.6 Å². The van der Waals surface area contributed by atoms with Gasteiger partial charge in [0.25, 0.3) is 5.91 Å². The zero-order valence-corrected chi connectivity index (χ0v) is 16.3. The molecule has 3 aromatic rings. The van der Waals surface area contributed by atoms with Crippen molar-refractivity contribution in [2.75, 3.05) is 11.9 Å². The summed E-state index contributed by atoms with van der Waals surface area (Å²) in [6.45, 7) is 4.69. The summed E-state index contributed by atoms with van der Waals surface area (Å²) < 4.78 is 10.7. The summed E-state index contributed by atoms with van der Waals surface area (Å²) in [7, 11) is 0. The van der Waals surface area contributed by atoms with E-state index < -0.39 is 5.63 Å². The standard InChI is InChI=1S/C21H20N2O4S/c1-13(2)12-26-17-5-3-4-15(11-17)20(25)23-21(28)22-16-7-8-18-14(10-16)6-9-19(24)27-18/h3-11,13H,12H2,1-2H3,(H2,22,23,25,28). The van der Waals surface area contributed by atoms with E-state index in [2.05, 4.69) is 24.5 Å². The maximum Gasteiger partial charge on any atom is 0.336 e. The van der Waals surface area contributed by atoms with Crippen LogP contribution in [-0.2, 0) is 0 Å². The monoisotopic (exact) mass is 396 g/mol. The molecule has 0 spiro atoms. The van der Waals surface area contributed by atoms with E-state index in [4.69, 9.17) is 21.4 Å². The lowest BCUT2D eigenvalue weighted by atomic mass is 10.2. The Morgan fingerprint density at radius 2 is 1.96 bits per heavy atom. The van der Waals surface area contributed by atoms with Crippen LogP contribution >= 0.6 is 12.2 Å². The predicted molar refractivity (Wildman–Crippen MR) is 113 cm³/mol. The first-order valence-electron chi connectivity index (χ1n) is 8.80. The van der Waals surface area contributed by atoms with Crippen molar-refractivity contribution in [1.29, 1.82) is 0 Å². The fourth-order valence-corrected chi connectivity index (χ4v) is 2.69. The maximum atomic E-state index is 12.4. The topological polar surface area (TPSA) is 80.6 Å². The molecule has 0 aliphatic rings. The van der Waals surface area contributed by atoms with Gasteiger partial charge in [0.05, 0.1) is 6.61 Å². The number of fused-ring (bicyclic) bond motifs is 1. The van der Waals surface area contributed by atoms with Crippen LogP contribution in [0.5, 0.6) is 5.75 Å². The molecule has 0 unspecified atom stereocenters. The number of anilines is 1. The van der Waals surface area contributed by atoms with Crippen molar-refractivity contribution in [3.8, 4) is 5.75 Å². The highest BCUT2D eigenvalue weighted by atomic mass is 32.1. The van der Waals surface area contributed by atoms with E-state index in [0.29, 0.717) is 35.1 Å². The lowest BCUT2D eigenvalue weighted by Gasteiger charge is -2.12. The number of thiocarbonyl (C=S) groups is 1. The summed E-state index contributed by atoms with van der Waals surface area (Å²) in [5.41, 5.74) is 1.19. The third-order valence-electron chi connectivity index (χ3n) is 3.78. The molecule has 0 aliphatic heterocycles. The number of nitrogens with one attached hydrogen (secondary N) is 2. The predicted octanol–water partition coefficient (Wildman–Crippen LogP) is 3.95. The minimum Gasteiger partial charge on any atom is -0.493 e. The summed E-state index contributed by atoms with van der Waals surface area (Å²) >= 11 is 5.23. The zero-order valence-electron chi connectivity index (χ0n) is 15.5. The Hall–Kier alpha value is -3.19. The van der Waals surface area contributed by atoms with Crippen molar-refractivity contribution in [1.82, 2.24) is 5.32 Å². The van der Waals surface area contributed by atoms with Crippen molar-refractivity contribution in [2.24, 2.45) is 5.92 Å². The molecule has 28 heavy (non-hydrogen) atoms. The fourth-order valence-electron chi connectivity index (χ4n) is 2.48. The summed E-state index contributed by atoms with van der Waals surface area (Å²) in [5.74, 6) is 0.694. The highest BCUT2D eigenvalue weighted by Gasteiger charge is 2.10. The van der Waals surface area contributed by atoms with E-state index in [-0.39, 0.29) is 11.0 Å². The molecule has 144 valence electrons. The van der Waals surface area contributed by atoms with E-state index in [1.54, 1.807) is 42.5 Å². The first-order valence-corrected chi connectivity index (χ1v) is 9.20. The van der Waals surface area contributed by atoms with Gasteiger partial charge in [0.1, 0.15) is 11.3 Å². The van der Waals surface area contributed by atoms with Crippen molar-refractivity contribution < 1.29 is 13.9 Å². The number of hydrogen-bond acceptors (Lipinski definition) is 5. The molecule has 1 aromatic heterocycles. The molecule has 6 nitrogen and oxygen atoms in total. The van der Waals surface area contributed by atoms with Crippen LogP contribution in [0.4, 0.5) is 5.69 Å². The molecule has 0 atom stereocenters. The molecule has 7 heteroatoms. The average molecular weight is 396 g/mol. The number of carbonyl (C=O) groups is 1. The Morgan fingerprint density at radius 1 is 1.14 bits per heavy atom. The van der Waals surface area contributed by atoms with Gasteiger partial charge in [0, 0.05) is 22.7 Å². The third kappa shape index (κ3) is 5.17. The highest BCUT2D eigenvalue weighted by molar-refractivity contribution is 7.80. The second-order valence-corrected chi connectivity index (χ2v) is 7.06. The van der Waals surface area contributed by atoms with E-state index in [0.717, 1.165) is 5.39 Å². The number of rotatable bonds is 5. The highest BCUT2D eigenvalue weighted by Crippen LogP contribution is 2.18. The lowest BCUT2D eigenvalue weighted by molar-refractivity contribution is 0.0977. The molecular formula is C21H20N2O4S. The Balaban J connectivity index is 1.64. The maximum absolute atomic E-state index is 12.4. The normalized spacial score (nSPS) is 10.7. The molecule has 0 saturated carbocycles. The molecule has 0 saturated heterocycles. The lowest BCUT2D eigenvalue weighted by Crippen LogP contribution is -2.34. The zero-order chi connectivity index (χ0) is 20.1. The van der Waals surface area contributed by atoms with E-state index in [9.17, 15) is 9.59 Å². The van der Waals surface area contributed by atoms with Crippen molar-refractivity contribution in [3.05, 3.63) is 70.6 Å². The molecule has 0 bridgehead atoms. The average Bonchev–Trinajstić information content (AvgIpc) is 2.66. The van der Waals surface area contributed by atoms with Crippen molar-refractivity contribution in [2.45, 2.75) is 13.8 Å². The number of amides is 1. The van der Waals surface area contributed by atoms with Gasteiger partial charge < -0.3 is 14.5 Å². The summed E-state index contributed by atoms with van der Waals surface area (Å²) in [5, 5.41) is 6.51. The molecular weight excluding hydrogens is 376 g/mol. The largest absolute Gasteiger partial charge is 0.493 e. The summed E-state index contributed by atoms with van der Waals surface area (Å²) in [6, 6.07) is 15.1. The number of carbonyl (C=O) groups excluding carboxylic acids is 1. The molecule has 0 fully saturated rings. The first kappa shape index (κ1) is 19.6. The number of benzene rings is 2. The van der Waals surface area contributed by atoms with Gasteiger partial charge >= 0.3 is 5.63 Å². The molecule has 2 N–H and O–H groups in total. The Bertz CT molecular complexity index is 1080. The Labute approximate surface area is 167 Å². The van der Waals surface area contributed by atoms with Gasteiger partial charge in [-0.25, -0.2) is 4.79 Å². The first-order chi connectivity index (χ1) is 13.4. The smallest absolute Gasteiger partial charge is 0.336 e. The van der Waals surface area contributed by atoms with Gasteiger partial charge in [-0.1, -0.05) is 19.9 Å². The van der Waals surface area contributed by atoms with Gasteiger partial charge in [0.2, 0.25) is 0 Å². The third-order valence-corrected chi connectivity index (χ3v) is 3.99. The molecule has 1 amide bonds. The van der Waals surface area contributed by atoms with Crippen molar-refractivity contribution >= 4 is 39.9 Å². The second-order valence-electron chi connectivity index (χ2n) is 6.65. The van der Waals surface area contributed by atoms with Gasteiger partial charge in [-0.2, -0.15) is 0 Å². The van der Waals surface area contributed by atoms with Crippen LogP contribution in [0, 0.1) is 5.92 Å². The van der Waals surface area contributed by atoms with Crippen molar-refractivity contribution in [3.63, 3.8) is 0 Å². The van der Waals surface area contributed by atoms with Crippen LogP contribution in [0.1, 0.15) is 24.2 Å². The van der Waals surface area contributed by atoms with Crippen LogP contribution in [0.15, 0.2) is 63.8 Å². The van der Waals surface area contributed by atoms with Crippen LogP contribution in [0.3, 0.4) is 0 Å². The summed E-state index contributed by atoms with van der Waals surface area (Å²) in [6.07, 6.45) is 0. The molecule has 1 heterocycles. The minimum atomic E-state index is -0.407.